The van der Waals surface area contributed by atoms with Gasteiger partial charge in [0.05, 0.1) is 55.3 Å². The summed E-state index contributed by atoms with van der Waals surface area (Å²) in [5.41, 5.74) is 10.8. The molecule has 6 aromatic rings. The van der Waals surface area contributed by atoms with E-state index >= 15 is 0 Å². The Bertz CT molecular complexity index is 3860. The predicted molar refractivity (Wildman–Crippen MR) is 432 cm³/mol. The maximum absolute atomic E-state index is 12.4. The van der Waals surface area contributed by atoms with Crippen molar-refractivity contribution < 1.29 is 68.4 Å². The third kappa shape index (κ3) is 25.3. The van der Waals surface area contributed by atoms with Crippen molar-refractivity contribution in [2.75, 3.05) is 138 Å². The van der Waals surface area contributed by atoms with Crippen molar-refractivity contribution in [3.05, 3.63) is 151 Å². The van der Waals surface area contributed by atoms with E-state index in [9.17, 15) is 39.4 Å². The molecule has 4 aromatic carbocycles. The molecule has 4 amide bonds. The minimum Gasteiger partial charge on any atom is -0.482 e. The summed E-state index contributed by atoms with van der Waals surface area (Å²) in [6.07, 6.45) is 16.6. The van der Waals surface area contributed by atoms with Gasteiger partial charge in [-0.15, -0.1) is 82.4 Å². The van der Waals surface area contributed by atoms with E-state index < -0.39 is 9.85 Å². The first-order chi connectivity index (χ1) is 48.7. The molecule has 4 fully saturated rings. The summed E-state index contributed by atoms with van der Waals surface area (Å²) in [5, 5.41) is 44.1. The maximum atomic E-state index is 12.4. The van der Waals surface area contributed by atoms with Crippen LogP contribution in [0, 0.1) is 38.5 Å². The number of ether oxygens (including phenoxy) is 4. The molecule has 8 aliphatic heterocycles. The van der Waals surface area contributed by atoms with Crippen LogP contribution < -0.4 is 44.7 Å². The zero-order valence-corrected chi connectivity index (χ0v) is 68.0. The molecule has 105 heavy (non-hydrogen) atoms. The number of alkyl halides is 1. The fourth-order valence-electron chi connectivity index (χ4n) is 13.4. The normalized spacial score (nSPS) is 19.1. The third-order valence-corrected chi connectivity index (χ3v) is 21.9. The molecule has 8 aliphatic rings. The van der Waals surface area contributed by atoms with E-state index in [4.69, 9.17) is 47.1 Å². The number of likely N-dealkylation sites (tertiary alicyclic amines) is 4. The van der Waals surface area contributed by atoms with E-state index in [0.29, 0.717) is 76.2 Å². The van der Waals surface area contributed by atoms with Crippen LogP contribution in [0.1, 0.15) is 92.4 Å². The minimum atomic E-state index is -0.514. The SMILES string of the molecule is CN1CCCC1CCCl.CN1CCCC1CCN1C(=O)COc2cc(CC(=N)c3cccs3)ccc21.CN1CCCC1CCN1C(=O)COc2cc(N)ccc21.CN1CCCC1CCN1C(=O)COc2cc([N+](=O)[O-])ccc21.CSC(=N)c1cccs1.Cl.I.O=C1COc2cc([N+](=O)[O-])ccc2N1.[CH3-].[Pd]. The number of hydrogen-bond acceptors (Lipinski definition) is 22. The van der Waals surface area contributed by atoms with Crippen LogP contribution in [0.4, 0.5) is 39.8 Å². The van der Waals surface area contributed by atoms with Gasteiger partial charge in [-0.05, 0) is 203 Å². The Balaban J connectivity index is 0.000000233. The summed E-state index contributed by atoms with van der Waals surface area (Å²) in [7, 11) is 8.62. The Morgan fingerprint density at radius 3 is 1.40 bits per heavy atom. The number of nitro groups is 2. The van der Waals surface area contributed by atoms with Crippen molar-refractivity contribution in [2.24, 2.45) is 0 Å². The number of thioether (sulfide) groups is 1. The van der Waals surface area contributed by atoms with Crippen LogP contribution in [0.25, 0.3) is 0 Å². The Hall–Kier alpha value is -6.54. The molecule has 0 saturated carbocycles. The summed E-state index contributed by atoms with van der Waals surface area (Å²) in [4.78, 5) is 84.7. The molecule has 25 nitrogen and oxygen atoms in total. The van der Waals surface area contributed by atoms with Crippen LogP contribution in [0.15, 0.2) is 108 Å². The van der Waals surface area contributed by atoms with Gasteiger partial charge < -0.3 is 77.1 Å². The Labute approximate surface area is 669 Å². The Morgan fingerprint density at radius 1 is 0.581 bits per heavy atom. The summed E-state index contributed by atoms with van der Waals surface area (Å²) < 4.78 is 21.5. The van der Waals surface area contributed by atoms with Gasteiger partial charge in [0.15, 0.2) is 32.2 Å². The van der Waals surface area contributed by atoms with Crippen molar-refractivity contribution in [1.29, 1.82) is 10.8 Å². The molecule has 576 valence electrons. The molecule has 0 radical (unpaired) electrons. The predicted octanol–water partition coefficient (Wildman–Crippen LogP) is 13.4. The molecule has 14 rings (SSSR count). The van der Waals surface area contributed by atoms with Gasteiger partial charge in [-0.1, -0.05) is 18.2 Å². The van der Waals surface area contributed by atoms with Crippen LogP contribution in [0.3, 0.4) is 0 Å². The molecular weight excluding hydrogens is 1650 g/mol. The average Bonchev–Trinajstić information content (AvgIpc) is 1.76. The first-order valence-corrected chi connectivity index (χ1v) is 37.7. The molecule has 5 N–H and O–H groups in total. The van der Waals surface area contributed by atoms with Gasteiger partial charge in [0.1, 0.15) is 22.3 Å². The number of nitrogens with two attached hydrogens (primary N) is 1. The molecule has 4 atom stereocenters. The number of nitrogen functional groups attached to an aromatic ring is 1. The fourth-order valence-corrected chi connectivity index (χ4v) is 15.5. The molecule has 0 spiro atoms. The van der Waals surface area contributed by atoms with Gasteiger partial charge in [-0.25, -0.2) is 0 Å². The van der Waals surface area contributed by atoms with Crippen molar-refractivity contribution in [1.82, 2.24) is 19.6 Å². The van der Waals surface area contributed by atoms with Gasteiger partial charge in [0, 0.05) is 105 Å². The topological polar surface area (TPSA) is 300 Å². The Kier molecular flexibility index (Phi) is 37.4. The number of thiophene rings is 2. The average molecular weight is 1750 g/mol. The number of nitro benzene ring substituents is 2. The van der Waals surface area contributed by atoms with Crippen LogP contribution in [0.2, 0.25) is 0 Å². The van der Waals surface area contributed by atoms with Gasteiger partial charge in [-0.2, -0.15) is 0 Å². The van der Waals surface area contributed by atoms with Gasteiger partial charge >= 0.3 is 0 Å². The number of nitrogens with one attached hydrogen (secondary N) is 3. The molecule has 0 bridgehead atoms. The summed E-state index contributed by atoms with van der Waals surface area (Å²) in [5.74, 6) is 2.73. The zero-order chi connectivity index (χ0) is 72.1. The number of non-ortho nitro benzene ring substituents is 2. The van der Waals surface area contributed by atoms with E-state index in [-0.39, 0.29) is 126 Å². The monoisotopic (exact) mass is 1750 g/mol. The first kappa shape index (κ1) is 89.1. The molecular formula is C73H97Cl2IN13O12PdS3-. The number of carbonyl (C=O) groups is 4. The molecule has 4 unspecified atom stereocenters. The summed E-state index contributed by atoms with van der Waals surface area (Å²) in [6.45, 7) is 6.81. The number of anilines is 5. The first-order valence-electron chi connectivity index (χ1n) is 34.1. The number of halogens is 3. The number of rotatable bonds is 17. The van der Waals surface area contributed by atoms with Gasteiger partial charge in [0.2, 0.25) is 0 Å². The second-order valence-corrected chi connectivity index (χ2v) is 28.9. The van der Waals surface area contributed by atoms with E-state index in [0.717, 1.165) is 109 Å². The van der Waals surface area contributed by atoms with Crippen molar-refractivity contribution >= 4 is 157 Å². The van der Waals surface area contributed by atoms with Gasteiger partial charge in [-0.3, -0.25) is 44.8 Å². The fraction of sp³-hybridized carbons (Fsp3) is 0.466. The molecule has 32 heteroatoms. The van der Waals surface area contributed by atoms with Crippen molar-refractivity contribution in [3.63, 3.8) is 0 Å². The van der Waals surface area contributed by atoms with E-state index in [2.05, 4.69) is 53.1 Å². The quantitative estimate of drug-likeness (QED) is 0.00759. The van der Waals surface area contributed by atoms with E-state index in [1.165, 1.54) is 93.6 Å². The molecule has 2 aromatic heterocycles. The third-order valence-electron chi connectivity index (χ3n) is 19.1. The Morgan fingerprint density at radius 2 is 0.981 bits per heavy atom. The van der Waals surface area contributed by atoms with Crippen molar-refractivity contribution in [3.8, 4) is 23.0 Å². The van der Waals surface area contributed by atoms with Crippen LogP contribution in [0.5, 0.6) is 23.0 Å². The largest absolute Gasteiger partial charge is 0.482 e. The summed E-state index contributed by atoms with van der Waals surface area (Å²) in [6, 6.07) is 30.2. The number of amides is 4. The second-order valence-electron chi connectivity index (χ2n) is 25.8. The maximum Gasteiger partial charge on any atom is 0.273 e. The van der Waals surface area contributed by atoms with Crippen LogP contribution >= 0.6 is 82.4 Å². The molecule has 0 aliphatic carbocycles. The number of benzene rings is 4. The van der Waals surface area contributed by atoms with Crippen molar-refractivity contribution in [2.45, 2.75) is 108 Å². The second kappa shape index (κ2) is 44.1. The van der Waals surface area contributed by atoms with E-state index in [1.54, 1.807) is 39.7 Å². The van der Waals surface area contributed by atoms with Gasteiger partial charge in [0.25, 0.3) is 35.0 Å². The smallest absolute Gasteiger partial charge is 0.273 e. The zero-order valence-electron chi connectivity index (χ0n) is 60.1. The van der Waals surface area contributed by atoms with Crippen LogP contribution in [-0.4, -0.2) is 201 Å². The molecule has 10 heterocycles. The van der Waals surface area contributed by atoms with Crippen LogP contribution in [-0.2, 0) is 46.0 Å². The standard InChI is InChI=1S/C21H25N3O2S.C15H19N3O4.C15H21N3O2.C8H6N2O4.C7H14ClN.C6H7NS2.CH3.ClH.HI.Pd/c1-23-9-2-4-16(23)8-10-24-18-7-6-15(13-19(18)26-14-21(24)25)12-17(22)20-5-3-11-27-20;1-16-7-2-3-11(16)6-8-17-13-5-4-12(18(20)21)9-14(13)22-10-15(17)19;1-17-7-2-3-12(17)6-8-18-13-5-4-11(16)9-14(13)20-10-15(18)19;11-8-4-14-7-3-5(10(12)13)1-2-6(7)9-8;1-9-6-2-3-7(9)4-5-8;1-8-6(7)5-3-2-4-9-5;;;;/h3,5-7,11,13,16,22H,2,4,8-10,12,14H2,1H3;4-5,9,11H,2-3,6-8,10H2,1H3;4-5,9,12H,2-3,6-8,10,16H2,1H3;1-3H,4H2,(H,9,11);7H,2-6H2,1H3;2-4,7H,1H3;1H3;2*1H;/q;;;;;;-1;;;. The van der Waals surface area contributed by atoms with E-state index in [1.807, 2.05) is 81.4 Å². The number of carbonyl (C=O) groups excluding carboxylic acids is 4. The number of fused-ring (bicyclic) bond motifs is 4. The number of hydrogen-bond donors (Lipinski definition) is 4. The molecule has 4 saturated heterocycles. The summed E-state index contributed by atoms with van der Waals surface area (Å²) >= 11 is 10.3. The minimum absolute atomic E-state index is 0. The number of nitrogens with zero attached hydrogens (tertiary/aromatic N) is 9.